The van der Waals surface area contributed by atoms with Crippen molar-refractivity contribution in [2.24, 2.45) is 0 Å². The second-order valence-corrected chi connectivity index (χ2v) is 9.32. The molecule has 1 N–H and O–H groups in total. The predicted octanol–water partition coefficient (Wildman–Crippen LogP) is 3.77. The highest BCUT2D eigenvalue weighted by atomic mass is 32.2. The molecule has 1 aliphatic heterocycles. The number of sulfonamides is 1. The van der Waals surface area contributed by atoms with E-state index in [0.717, 1.165) is 11.1 Å². The van der Waals surface area contributed by atoms with Gasteiger partial charge in [0.15, 0.2) is 0 Å². The molecule has 1 aliphatic rings. The number of fused-ring (bicyclic) bond motifs is 1. The van der Waals surface area contributed by atoms with Crippen molar-refractivity contribution in [2.45, 2.75) is 30.8 Å². The minimum Gasteiger partial charge on any atom is -0.496 e. The molecule has 0 saturated carbocycles. The van der Waals surface area contributed by atoms with Crippen LogP contribution in [0.5, 0.6) is 5.75 Å². The van der Waals surface area contributed by atoms with E-state index in [2.05, 4.69) is 5.32 Å². The Morgan fingerprint density at radius 3 is 2.52 bits per heavy atom. The normalized spacial score (nSPS) is 15.4. The van der Waals surface area contributed by atoms with Gasteiger partial charge < -0.3 is 10.1 Å². The van der Waals surface area contributed by atoms with Crippen molar-refractivity contribution in [3.8, 4) is 5.75 Å². The van der Waals surface area contributed by atoms with Gasteiger partial charge in [-0.3, -0.25) is 9.10 Å². The number of hydrogen-bond donors (Lipinski definition) is 1. The summed E-state index contributed by atoms with van der Waals surface area (Å²) in [5, 5.41) is 2.91. The first-order valence-corrected chi connectivity index (χ1v) is 11.5. The van der Waals surface area contributed by atoms with Gasteiger partial charge in [0, 0.05) is 23.7 Å². The molecule has 160 valence electrons. The highest BCUT2D eigenvalue weighted by Crippen LogP contribution is 2.37. The number of methoxy groups -OCH3 is 1. The van der Waals surface area contributed by atoms with E-state index in [9.17, 15) is 13.2 Å². The molecule has 0 unspecified atom stereocenters. The van der Waals surface area contributed by atoms with Crippen LogP contribution in [0.1, 0.15) is 28.4 Å². The zero-order valence-corrected chi connectivity index (χ0v) is 18.2. The predicted molar refractivity (Wildman–Crippen MR) is 120 cm³/mol. The van der Waals surface area contributed by atoms with Crippen LogP contribution in [-0.4, -0.2) is 27.5 Å². The number of amides is 1. The minimum atomic E-state index is -3.67. The van der Waals surface area contributed by atoms with Crippen molar-refractivity contribution in [3.63, 3.8) is 0 Å². The lowest BCUT2D eigenvalue weighted by Gasteiger charge is -2.24. The number of carbonyl (C=O) groups excluding carboxylic acids is 1. The summed E-state index contributed by atoms with van der Waals surface area (Å²) in [7, 11) is -2.07. The minimum absolute atomic E-state index is 0.217. The van der Waals surface area contributed by atoms with Crippen molar-refractivity contribution in [1.29, 1.82) is 0 Å². The molecule has 1 atom stereocenters. The Bertz CT molecular complexity index is 1210. The van der Waals surface area contributed by atoms with Gasteiger partial charge in [0.05, 0.1) is 17.7 Å². The van der Waals surface area contributed by atoms with E-state index >= 15 is 0 Å². The number of ether oxygens (including phenoxy) is 1. The lowest BCUT2D eigenvalue weighted by atomic mass is 10.1. The van der Waals surface area contributed by atoms with E-state index in [1.807, 2.05) is 31.2 Å². The van der Waals surface area contributed by atoms with Crippen molar-refractivity contribution in [2.75, 3.05) is 11.4 Å². The van der Waals surface area contributed by atoms with Gasteiger partial charge in [0.1, 0.15) is 5.75 Å². The summed E-state index contributed by atoms with van der Waals surface area (Å²) in [5.74, 6) is 0.498. The van der Waals surface area contributed by atoms with Gasteiger partial charge in [-0.15, -0.1) is 0 Å². The topological polar surface area (TPSA) is 75.7 Å². The fraction of sp³-hybridized carbons (Fsp3) is 0.208. The molecule has 0 radical (unpaired) electrons. The molecular formula is C24H24N2O4S. The van der Waals surface area contributed by atoms with Gasteiger partial charge in [-0.05, 0) is 55.3 Å². The average molecular weight is 437 g/mol. The van der Waals surface area contributed by atoms with E-state index in [4.69, 9.17) is 4.74 Å². The summed E-state index contributed by atoms with van der Waals surface area (Å²) in [5.41, 5.74) is 2.85. The monoisotopic (exact) mass is 436 g/mol. The molecule has 31 heavy (non-hydrogen) atoms. The summed E-state index contributed by atoms with van der Waals surface area (Å²) < 4.78 is 33.1. The Hall–Kier alpha value is -3.32. The molecule has 6 nitrogen and oxygen atoms in total. The quantitative estimate of drug-likeness (QED) is 0.638. The Labute approximate surface area is 182 Å². The van der Waals surface area contributed by atoms with E-state index in [0.29, 0.717) is 30.0 Å². The zero-order chi connectivity index (χ0) is 22.0. The van der Waals surface area contributed by atoms with Gasteiger partial charge in [-0.2, -0.15) is 0 Å². The molecule has 0 aliphatic carbocycles. The number of nitrogens with zero attached hydrogens (tertiary/aromatic N) is 1. The van der Waals surface area contributed by atoms with Gasteiger partial charge in [-0.1, -0.05) is 36.4 Å². The zero-order valence-electron chi connectivity index (χ0n) is 17.4. The summed E-state index contributed by atoms with van der Waals surface area (Å²) >= 11 is 0. The number of nitrogens with one attached hydrogen (secondary N) is 1. The molecule has 0 bridgehead atoms. The van der Waals surface area contributed by atoms with Crippen LogP contribution in [0.4, 0.5) is 5.69 Å². The molecule has 3 aromatic rings. The summed E-state index contributed by atoms with van der Waals surface area (Å²) in [6.07, 6.45) is 0.551. The molecular weight excluding hydrogens is 412 g/mol. The Kier molecular flexibility index (Phi) is 5.69. The average Bonchev–Trinajstić information content (AvgIpc) is 3.13. The molecule has 0 fully saturated rings. The lowest BCUT2D eigenvalue weighted by Crippen LogP contribution is -2.35. The first kappa shape index (κ1) is 20.9. The van der Waals surface area contributed by atoms with Crippen LogP contribution in [-0.2, 0) is 23.0 Å². The fourth-order valence-corrected chi connectivity index (χ4v) is 5.66. The van der Waals surface area contributed by atoms with Crippen LogP contribution in [0, 0.1) is 0 Å². The van der Waals surface area contributed by atoms with Gasteiger partial charge >= 0.3 is 0 Å². The smallest absolute Gasteiger partial charge is 0.264 e. The van der Waals surface area contributed by atoms with Crippen molar-refractivity contribution >= 4 is 21.6 Å². The van der Waals surface area contributed by atoms with Crippen molar-refractivity contribution < 1.29 is 17.9 Å². The van der Waals surface area contributed by atoms with E-state index < -0.39 is 10.0 Å². The van der Waals surface area contributed by atoms with Crippen LogP contribution in [0.2, 0.25) is 0 Å². The van der Waals surface area contributed by atoms with Gasteiger partial charge in [-0.25, -0.2) is 8.42 Å². The summed E-state index contributed by atoms with van der Waals surface area (Å²) in [4.78, 5) is 13.0. The van der Waals surface area contributed by atoms with Crippen molar-refractivity contribution in [3.05, 3.63) is 89.5 Å². The van der Waals surface area contributed by atoms with E-state index in [1.54, 1.807) is 55.6 Å². The third-order valence-electron chi connectivity index (χ3n) is 5.43. The van der Waals surface area contributed by atoms with Crippen LogP contribution in [0.15, 0.2) is 77.7 Å². The van der Waals surface area contributed by atoms with Crippen LogP contribution < -0.4 is 14.4 Å². The maximum atomic E-state index is 13.2. The highest BCUT2D eigenvalue weighted by molar-refractivity contribution is 7.92. The Morgan fingerprint density at radius 2 is 1.77 bits per heavy atom. The van der Waals surface area contributed by atoms with Crippen LogP contribution in [0.3, 0.4) is 0 Å². The lowest BCUT2D eigenvalue weighted by molar-refractivity contribution is 0.0950. The molecule has 7 heteroatoms. The van der Waals surface area contributed by atoms with Crippen LogP contribution >= 0.6 is 0 Å². The molecule has 1 heterocycles. The SMILES string of the molecule is COc1ccccc1CNC(=O)c1ccc2c(c1)C[C@H](C)N2S(=O)(=O)c1ccccc1. The van der Waals surface area contributed by atoms with E-state index in [-0.39, 0.29) is 16.8 Å². The first-order chi connectivity index (χ1) is 14.9. The third kappa shape index (κ3) is 4.01. The number of hydrogen-bond acceptors (Lipinski definition) is 4. The molecule has 4 rings (SSSR count). The van der Waals surface area contributed by atoms with E-state index in [1.165, 1.54) is 4.31 Å². The van der Waals surface area contributed by atoms with Gasteiger partial charge in [0.2, 0.25) is 0 Å². The molecule has 0 spiro atoms. The second-order valence-electron chi connectivity index (χ2n) is 7.51. The molecule has 0 aromatic heterocycles. The number of benzene rings is 3. The number of rotatable bonds is 6. The molecule has 3 aromatic carbocycles. The summed E-state index contributed by atoms with van der Waals surface area (Å²) in [6.45, 7) is 2.22. The maximum absolute atomic E-state index is 13.2. The fourth-order valence-electron chi connectivity index (χ4n) is 3.94. The Balaban J connectivity index is 1.56. The number of para-hydroxylation sites is 1. The Morgan fingerprint density at radius 1 is 1.06 bits per heavy atom. The molecule has 0 saturated heterocycles. The third-order valence-corrected chi connectivity index (χ3v) is 7.37. The van der Waals surface area contributed by atoms with Gasteiger partial charge in [0.25, 0.3) is 15.9 Å². The highest BCUT2D eigenvalue weighted by Gasteiger charge is 2.36. The molecule has 1 amide bonds. The first-order valence-electron chi connectivity index (χ1n) is 10.0. The largest absolute Gasteiger partial charge is 0.496 e. The summed E-state index contributed by atoms with van der Waals surface area (Å²) in [6, 6.07) is 20.9. The number of carbonyl (C=O) groups is 1. The van der Waals surface area contributed by atoms with Crippen LogP contribution in [0.25, 0.3) is 0 Å². The second kappa shape index (κ2) is 8.43. The maximum Gasteiger partial charge on any atom is 0.264 e. The standard InChI is InChI=1S/C24H24N2O4S/c1-17-14-20-15-18(24(27)25-16-19-8-6-7-11-23(19)30-2)12-13-22(20)26(17)31(28,29)21-9-4-3-5-10-21/h3-13,15,17H,14,16H2,1-2H3,(H,25,27)/t17-/m0/s1. The number of anilines is 1. The van der Waals surface area contributed by atoms with Crippen molar-refractivity contribution in [1.82, 2.24) is 5.32 Å².